The van der Waals surface area contributed by atoms with Crippen LogP contribution in [-0.2, 0) is 0 Å². The zero-order chi connectivity index (χ0) is 9.90. The summed E-state index contributed by atoms with van der Waals surface area (Å²) in [6.07, 6.45) is 3.96. The van der Waals surface area contributed by atoms with E-state index in [1.165, 1.54) is 36.8 Å². The first-order valence-corrected chi connectivity index (χ1v) is 7.16. The molecule has 1 nitrogen and oxygen atoms in total. The van der Waals surface area contributed by atoms with Gasteiger partial charge in [0.15, 0.2) is 0 Å². The van der Waals surface area contributed by atoms with Gasteiger partial charge in [0.2, 0.25) is 0 Å². The zero-order valence-corrected chi connectivity index (χ0v) is 11.8. The predicted molar refractivity (Wildman–Crippen MR) is 65.4 cm³/mol. The first kappa shape index (κ1) is 12.0. The molecule has 0 bridgehead atoms. The number of likely N-dealkylation sites (tertiary alicyclic amines) is 1. The van der Waals surface area contributed by atoms with E-state index in [-0.39, 0.29) is 0 Å². The molecule has 1 aliphatic rings. The van der Waals surface area contributed by atoms with E-state index in [1.807, 2.05) is 0 Å². The van der Waals surface area contributed by atoms with Crippen LogP contribution in [0.4, 0.5) is 0 Å². The third-order valence-electron chi connectivity index (χ3n) is 3.11. The molecule has 1 rings (SSSR count). The minimum absolute atomic E-state index is 0.662. The summed E-state index contributed by atoms with van der Waals surface area (Å²) in [5.41, 5.74) is 0. The van der Waals surface area contributed by atoms with Gasteiger partial charge in [-0.25, -0.2) is 0 Å². The van der Waals surface area contributed by atoms with E-state index in [9.17, 15) is 0 Å². The van der Waals surface area contributed by atoms with E-state index in [1.54, 1.807) is 0 Å². The van der Waals surface area contributed by atoms with Gasteiger partial charge < -0.3 is 4.48 Å². The van der Waals surface area contributed by atoms with Crippen LogP contribution in [0, 0.1) is 5.92 Å². The van der Waals surface area contributed by atoms with E-state index < -0.39 is 0 Å². The second-order valence-electron chi connectivity index (χ2n) is 4.55. The molecule has 0 amide bonds. The quantitative estimate of drug-likeness (QED) is 0.424. The molecular formula is C10H20Br2N+. The number of hydrogen-bond donors (Lipinski definition) is 0. The number of quaternary nitrogens is 1. The van der Waals surface area contributed by atoms with Crippen LogP contribution in [0.15, 0.2) is 0 Å². The highest BCUT2D eigenvalue weighted by atomic mass is 79.9. The van der Waals surface area contributed by atoms with Crippen LogP contribution in [0.25, 0.3) is 0 Å². The third kappa shape index (κ3) is 3.21. The van der Waals surface area contributed by atoms with Gasteiger partial charge in [-0.2, -0.15) is 0 Å². The van der Waals surface area contributed by atoms with E-state index in [4.69, 9.17) is 0 Å². The van der Waals surface area contributed by atoms with Gasteiger partial charge in [0.05, 0.1) is 20.1 Å². The largest absolute Gasteiger partial charge is 0.315 e. The molecule has 0 spiro atoms. The number of nitrogens with zero attached hydrogens (tertiary/aromatic N) is 1. The summed E-state index contributed by atoms with van der Waals surface area (Å²) in [7, 11) is 2.39. The summed E-state index contributed by atoms with van der Waals surface area (Å²) in [6, 6.07) is 0. The Morgan fingerprint density at radius 1 is 1.54 bits per heavy atom. The third-order valence-corrected chi connectivity index (χ3v) is 5.12. The fourth-order valence-electron chi connectivity index (χ4n) is 2.22. The summed E-state index contributed by atoms with van der Waals surface area (Å²) in [5.74, 6) is 0.911. The number of halogens is 2. The van der Waals surface area contributed by atoms with E-state index >= 15 is 0 Å². The van der Waals surface area contributed by atoms with Crippen LogP contribution in [0.5, 0.6) is 0 Å². The number of alkyl halides is 2. The average molecular weight is 314 g/mol. The molecule has 1 heterocycles. The van der Waals surface area contributed by atoms with Gasteiger partial charge in [-0.3, -0.25) is 0 Å². The molecule has 1 aliphatic heterocycles. The lowest BCUT2D eigenvalue weighted by Gasteiger charge is -2.34. The molecule has 0 aromatic heterocycles. The van der Waals surface area contributed by atoms with Crippen LogP contribution in [0.2, 0.25) is 0 Å². The van der Waals surface area contributed by atoms with Crippen molar-refractivity contribution in [1.29, 1.82) is 0 Å². The molecule has 1 fully saturated rings. The van der Waals surface area contributed by atoms with Crippen LogP contribution in [0.3, 0.4) is 0 Å². The minimum Gasteiger partial charge on any atom is -0.315 e. The summed E-state index contributed by atoms with van der Waals surface area (Å²) >= 11 is 7.33. The Hall–Kier alpha value is 0.920. The molecule has 0 N–H and O–H groups in total. The average Bonchev–Trinajstić information content (AvgIpc) is 2.43. The van der Waals surface area contributed by atoms with Crippen molar-refractivity contribution in [3.05, 3.63) is 0 Å². The Labute approximate surface area is 98.7 Å². The highest BCUT2D eigenvalue weighted by molar-refractivity contribution is 9.09. The van der Waals surface area contributed by atoms with E-state index in [0.717, 1.165) is 11.2 Å². The van der Waals surface area contributed by atoms with Crippen molar-refractivity contribution < 1.29 is 4.48 Å². The van der Waals surface area contributed by atoms with Gasteiger partial charge in [-0.05, 0) is 22.4 Å². The Morgan fingerprint density at radius 2 is 2.23 bits per heavy atom. The lowest BCUT2D eigenvalue weighted by molar-refractivity contribution is -0.907. The Balaban J connectivity index is 2.40. The van der Waals surface area contributed by atoms with Crippen LogP contribution in [0.1, 0.15) is 26.2 Å². The highest BCUT2D eigenvalue weighted by Gasteiger charge is 2.37. The predicted octanol–water partition coefficient (Wildman–Crippen LogP) is 3.37. The number of rotatable bonds is 4. The van der Waals surface area contributed by atoms with Crippen molar-refractivity contribution in [3.63, 3.8) is 0 Å². The number of hydrogen-bond acceptors (Lipinski definition) is 0. The van der Waals surface area contributed by atoms with E-state index in [2.05, 4.69) is 45.8 Å². The summed E-state index contributed by atoms with van der Waals surface area (Å²) < 4.78 is 1.23. The maximum atomic E-state index is 3.84. The molecule has 1 saturated heterocycles. The van der Waals surface area contributed by atoms with Crippen molar-refractivity contribution in [2.24, 2.45) is 5.92 Å². The molecule has 3 heteroatoms. The van der Waals surface area contributed by atoms with Crippen molar-refractivity contribution >= 4 is 31.9 Å². The van der Waals surface area contributed by atoms with Gasteiger partial charge in [0.25, 0.3) is 0 Å². The second kappa shape index (κ2) is 5.13. The van der Waals surface area contributed by atoms with E-state index in [0.29, 0.717) is 4.95 Å². The molecule has 3 unspecified atom stereocenters. The Bertz CT molecular complexity index is 163. The Kier molecular flexibility index (Phi) is 4.73. The first-order valence-electron chi connectivity index (χ1n) is 5.13. The normalized spacial score (nSPS) is 36.5. The van der Waals surface area contributed by atoms with Crippen molar-refractivity contribution in [3.8, 4) is 0 Å². The van der Waals surface area contributed by atoms with Crippen molar-refractivity contribution in [1.82, 2.24) is 0 Å². The van der Waals surface area contributed by atoms with Gasteiger partial charge in [0, 0.05) is 24.1 Å². The molecule has 3 atom stereocenters. The molecule has 0 saturated carbocycles. The van der Waals surface area contributed by atoms with Crippen LogP contribution < -0.4 is 0 Å². The Morgan fingerprint density at radius 3 is 2.69 bits per heavy atom. The highest BCUT2D eigenvalue weighted by Crippen LogP contribution is 2.30. The lowest BCUT2D eigenvalue weighted by Crippen LogP contribution is -2.47. The van der Waals surface area contributed by atoms with Gasteiger partial charge >= 0.3 is 0 Å². The molecule has 0 aromatic carbocycles. The smallest absolute Gasteiger partial charge is 0.144 e. The van der Waals surface area contributed by atoms with Crippen LogP contribution in [-0.4, -0.2) is 34.9 Å². The zero-order valence-electron chi connectivity index (χ0n) is 8.60. The molecule has 0 radical (unpaired) electrons. The summed E-state index contributed by atoms with van der Waals surface area (Å²) in [6.45, 7) is 5.06. The molecule has 0 aliphatic carbocycles. The van der Waals surface area contributed by atoms with Gasteiger partial charge in [-0.15, -0.1) is 0 Å². The maximum Gasteiger partial charge on any atom is 0.144 e. The minimum atomic E-state index is 0.662. The van der Waals surface area contributed by atoms with Crippen molar-refractivity contribution in [2.75, 3.05) is 25.5 Å². The van der Waals surface area contributed by atoms with Gasteiger partial charge in [0.1, 0.15) is 4.95 Å². The maximum absolute atomic E-state index is 3.84. The fourth-order valence-corrected chi connectivity index (χ4v) is 3.24. The van der Waals surface area contributed by atoms with Crippen molar-refractivity contribution in [2.45, 2.75) is 31.1 Å². The molecular weight excluding hydrogens is 294 g/mol. The SMILES string of the molecule is CC1CC[N+](C)(C(Br)CCCBr)C1. The standard InChI is InChI=1S/C10H20Br2N/c1-9-5-7-13(2,8-9)10(12)4-3-6-11/h9-10H,3-8H2,1-2H3/q+1. The fraction of sp³-hybridized carbons (Fsp3) is 1.00. The monoisotopic (exact) mass is 312 g/mol. The lowest BCUT2D eigenvalue weighted by atomic mass is 10.2. The molecule has 0 aromatic rings. The van der Waals surface area contributed by atoms with Crippen LogP contribution >= 0.6 is 31.9 Å². The first-order chi connectivity index (χ1) is 6.08. The van der Waals surface area contributed by atoms with Gasteiger partial charge in [-0.1, -0.05) is 22.9 Å². The summed E-state index contributed by atoms with van der Waals surface area (Å²) in [5, 5.41) is 1.13. The summed E-state index contributed by atoms with van der Waals surface area (Å²) in [4.78, 5) is 0.662. The molecule has 13 heavy (non-hydrogen) atoms. The topological polar surface area (TPSA) is 0 Å². The molecule has 78 valence electrons. The second-order valence-corrected chi connectivity index (χ2v) is 6.40.